The van der Waals surface area contributed by atoms with Gasteiger partial charge in [0.2, 0.25) is 0 Å². The highest BCUT2D eigenvalue weighted by Crippen LogP contribution is 2.20. The van der Waals surface area contributed by atoms with Crippen LogP contribution in [0.1, 0.15) is 0 Å². The van der Waals surface area contributed by atoms with Crippen molar-refractivity contribution in [2.75, 3.05) is 0 Å². The SMILES string of the molecule is Clc1cc2cc(Br)ccc2cn1. The van der Waals surface area contributed by atoms with E-state index in [4.69, 9.17) is 11.6 Å². The Labute approximate surface area is 83.5 Å². The first-order valence-electron chi connectivity index (χ1n) is 3.46. The molecule has 0 N–H and O–H groups in total. The number of halogens is 2. The smallest absolute Gasteiger partial charge is 0.129 e. The van der Waals surface area contributed by atoms with E-state index in [1.807, 2.05) is 24.3 Å². The van der Waals surface area contributed by atoms with Gasteiger partial charge in [-0.05, 0) is 23.6 Å². The molecule has 1 nitrogen and oxygen atoms in total. The van der Waals surface area contributed by atoms with E-state index in [0.29, 0.717) is 5.15 Å². The minimum Gasteiger partial charge on any atom is -0.244 e. The molecule has 1 heterocycles. The zero-order chi connectivity index (χ0) is 8.55. The van der Waals surface area contributed by atoms with E-state index in [9.17, 15) is 0 Å². The molecular formula is C9H5BrClN. The number of hydrogen-bond donors (Lipinski definition) is 0. The summed E-state index contributed by atoms with van der Waals surface area (Å²) in [6.07, 6.45) is 1.77. The second kappa shape index (κ2) is 3.04. The fourth-order valence-electron chi connectivity index (χ4n) is 1.08. The zero-order valence-corrected chi connectivity index (χ0v) is 8.43. The Kier molecular flexibility index (Phi) is 2.03. The number of nitrogens with zero attached hydrogens (tertiary/aromatic N) is 1. The molecule has 0 saturated carbocycles. The molecule has 2 rings (SSSR count). The van der Waals surface area contributed by atoms with Crippen molar-refractivity contribution in [3.8, 4) is 0 Å². The van der Waals surface area contributed by atoms with Gasteiger partial charge in [-0.15, -0.1) is 0 Å². The lowest BCUT2D eigenvalue weighted by Crippen LogP contribution is -1.76. The van der Waals surface area contributed by atoms with Gasteiger partial charge in [0, 0.05) is 16.1 Å². The van der Waals surface area contributed by atoms with Gasteiger partial charge in [0.15, 0.2) is 0 Å². The normalized spacial score (nSPS) is 10.5. The van der Waals surface area contributed by atoms with Gasteiger partial charge in [0.05, 0.1) is 0 Å². The second-order valence-corrected chi connectivity index (χ2v) is 3.80. The topological polar surface area (TPSA) is 12.9 Å². The lowest BCUT2D eigenvalue weighted by Gasteiger charge is -1.97. The van der Waals surface area contributed by atoms with Gasteiger partial charge in [-0.1, -0.05) is 33.6 Å². The van der Waals surface area contributed by atoms with Crippen molar-refractivity contribution in [2.45, 2.75) is 0 Å². The summed E-state index contributed by atoms with van der Waals surface area (Å²) in [7, 11) is 0. The van der Waals surface area contributed by atoms with Crippen LogP contribution in [0.25, 0.3) is 10.8 Å². The van der Waals surface area contributed by atoms with E-state index in [-0.39, 0.29) is 0 Å². The van der Waals surface area contributed by atoms with Crippen LogP contribution in [0, 0.1) is 0 Å². The van der Waals surface area contributed by atoms with Crippen molar-refractivity contribution < 1.29 is 0 Å². The highest BCUT2D eigenvalue weighted by atomic mass is 79.9. The number of fused-ring (bicyclic) bond motifs is 1. The molecule has 0 saturated heterocycles. The van der Waals surface area contributed by atoms with Crippen LogP contribution in [0.5, 0.6) is 0 Å². The molecule has 0 atom stereocenters. The summed E-state index contributed by atoms with van der Waals surface area (Å²) in [5, 5.41) is 2.73. The quantitative estimate of drug-likeness (QED) is 0.643. The minimum atomic E-state index is 0.528. The van der Waals surface area contributed by atoms with Gasteiger partial charge < -0.3 is 0 Å². The van der Waals surface area contributed by atoms with Gasteiger partial charge in [0.1, 0.15) is 5.15 Å². The van der Waals surface area contributed by atoms with Crippen LogP contribution in [-0.2, 0) is 0 Å². The van der Waals surface area contributed by atoms with Crippen molar-refractivity contribution in [3.05, 3.63) is 40.1 Å². The molecule has 0 amide bonds. The van der Waals surface area contributed by atoms with E-state index in [2.05, 4.69) is 20.9 Å². The number of benzene rings is 1. The standard InChI is InChI=1S/C9H5BrClN/c10-8-2-1-6-5-12-9(11)4-7(6)3-8/h1-5H. The van der Waals surface area contributed by atoms with Crippen LogP contribution in [0.2, 0.25) is 5.15 Å². The third kappa shape index (κ3) is 1.45. The lowest BCUT2D eigenvalue weighted by atomic mass is 10.2. The van der Waals surface area contributed by atoms with Crippen molar-refractivity contribution >= 4 is 38.3 Å². The van der Waals surface area contributed by atoms with Crippen LogP contribution in [0.3, 0.4) is 0 Å². The predicted octanol–water partition coefficient (Wildman–Crippen LogP) is 3.65. The summed E-state index contributed by atoms with van der Waals surface area (Å²) in [4.78, 5) is 3.99. The third-order valence-corrected chi connectivity index (χ3v) is 2.35. The molecule has 0 bridgehead atoms. The Hall–Kier alpha value is -0.600. The lowest BCUT2D eigenvalue weighted by molar-refractivity contribution is 1.36. The van der Waals surface area contributed by atoms with Crippen molar-refractivity contribution in [3.63, 3.8) is 0 Å². The van der Waals surface area contributed by atoms with Crippen LogP contribution >= 0.6 is 27.5 Å². The molecular weight excluding hydrogens is 237 g/mol. The summed E-state index contributed by atoms with van der Waals surface area (Å²) in [5.74, 6) is 0. The molecule has 0 aliphatic heterocycles. The van der Waals surface area contributed by atoms with Gasteiger partial charge >= 0.3 is 0 Å². The largest absolute Gasteiger partial charge is 0.244 e. The summed E-state index contributed by atoms with van der Waals surface area (Å²) in [5.41, 5.74) is 0. The maximum atomic E-state index is 5.74. The first-order valence-corrected chi connectivity index (χ1v) is 4.63. The maximum Gasteiger partial charge on any atom is 0.129 e. The molecule has 60 valence electrons. The fourth-order valence-corrected chi connectivity index (χ4v) is 1.63. The summed E-state index contributed by atoms with van der Waals surface area (Å²) in [6, 6.07) is 7.85. The van der Waals surface area contributed by atoms with Crippen LogP contribution < -0.4 is 0 Å². The van der Waals surface area contributed by atoms with E-state index < -0.39 is 0 Å². The minimum absolute atomic E-state index is 0.528. The van der Waals surface area contributed by atoms with Gasteiger partial charge in [-0.3, -0.25) is 0 Å². The Morgan fingerprint density at radius 3 is 2.83 bits per heavy atom. The molecule has 12 heavy (non-hydrogen) atoms. The van der Waals surface area contributed by atoms with Crippen LogP contribution in [0.4, 0.5) is 0 Å². The molecule has 0 unspecified atom stereocenters. The summed E-state index contributed by atoms with van der Waals surface area (Å²) in [6.45, 7) is 0. The van der Waals surface area contributed by atoms with E-state index in [1.165, 1.54) is 0 Å². The van der Waals surface area contributed by atoms with Crippen molar-refractivity contribution in [2.24, 2.45) is 0 Å². The Morgan fingerprint density at radius 2 is 2.00 bits per heavy atom. The molecule has 2 aromatic rings. The molecule has 1 aromatic carbocycles. The Bertz CT molecular complexity index is 391. The van der Waals surface area contributed by atoms with Crippen molar-refractivity contribution in [1.82, 2.24) is 4.98 Å². The Morgan fingerprint density at radius 1 is 1.17 bits per heavy atom. The average molecular weight is 243 g/mol. The number of aromatic nitrogens is 1. The molecule has 0 spiro atoms. The van der Waals surface area contributed by atoms with E-state index in [0.717, 1.165) is 15.2 Å². The van der Waals surface area contributed by atoms with Gasteiger partial charge in [-0.2, -0.15) is 0 Å². The van der Waals surface area contributed by atoms with E-state index >= 15 is 0 Å². The van der Waals surface area contributed by atoms with Crippen molar-refractivity contribution in [1.29, 1.82) is 0 Å². The zero-order valence-electron chi connectivity index (χ0n) is 6.09. The third-order valence-electron chi connectivity index (χ3n) is 1.65. The highest BCUT2D eigenvalue weighted by molar-refractivity contribution is 9.10. The van der Waals surface area contributed by atoms with E-state index in [1.54, 1.807) is 6.20 Å². The first-order chi connectivity index (χ1) is 5.75. The molecule has 0 radical (unpaired) electrons. The first kappa shape index (κ1) is 8.02. The predicted molar refractivity (Wildman–Crippen MR) is 54.5 cm³/mol. The highest BCUT2D eigenvalue weighted by Gasteiger charge is 1.95. The fraction of sp³-hybridized carbons (Fsp3) is 0. The number of rotatable bonds is 0. The molecule has 1 aromatic heterocycles. The molecule has 0 aliphatic rings. The summed E-state index contributed by atoms with van der Waals surface area (Å²) < 4.78 is 1.05. The Balaban J connectivity index is 2.80. The average Bonchev–Trinajstić information content (AvgIpc) is 2.03. The molecule has 3 heteroatoms. The molecule has 0 aliphatic carbocycles. The number of pyridine rings is 1. The molecule has 0 fully saturated rings. The van der Waals surface area contributed by atoms with Crippen LogP contribution in [-0.4, -0.2) is 4.98 Å². The monoisotopic (exact) mass is 241 g/mol. The second-order valence-electron chi connectivity index (χ2n) is 2.50. The summed E-state index contributed by atoms with van der Waals surface area (Å²) >= 11 is 9.14. The van der Waals surface area contributed by atoms with Gasteiger partial charge in [-0.25, -0.2) is 4.98 Å². The van der Waals surface area contributed by atoms with Crippen LogP contribution in [0.15, 0.2) is 34.9 Å². The number of hydrogen-bond acceptors (Lipinski definition) is 1. The maximum absolute atomic E-state index is 5.74. The van der Waals surface area contributed by atoms with Gasteiger partial charge in [0.25, 0.3) is 0 Å².